The molecule has 3 rings (SSSR count). The van der Waals surface area contributed by atoms with Gasteiger partial charge in [-0.15, -0.1) is 0 Å². The van der Waals surface area contributed by atoms with Crippen molar-refractivity contribution in [3.05, 3.63) is 24.5 Å². The second kappa shape index (κ2) is 4.30. The van der Waals surface area contributed by atoms with Crippen molar-refractivity contribution in [1.82, 2.24) is 9.88 Å². The van der Waals surface area contributed by atoms with Gasteiger partial charge in [0.15, 0.2) is 0 Å². The molecule has 1 aromatic rings. The van der Waals surface area contributed by atoms with E-state index in [1.807, 2.05) is 12.4 Å². The van der Waals surface area contributed by atoms with Crippen molar-refractivity contribution < 1.29 is 0 Å². The van der Waals surface area contributed by atoms with E-state index in [0.29, 0.717) is 5.41 Å². The van der Waals surface area contributed by atoms with Crippen molar-refractivity contribution in [2.75, 3.05) is 38.1 Å². The van der Waals surface area contributed by atoms with Gasteiger partial charge in [-0.1, -0.05) is 0 Å². The third-order valence-corrected chi connectivity index (χ3v) is 4.32. The molecule has 0 aromatic carbocycles. The topological polar surface area (TPSA) is 19.4 Å². The van der Waals surface area contributed by atoms with Gasteiger partial charge in [0.1, 0.15) is 0 Å². The largest absolute Gasteiger partial charge is 0.371 e. The fourth-order valence-corrected chi connectivity index (χ4v) is 3.47. The average Bonchev–Trinajstić information content (AvgIpc) is 2.71. The second-order valence-corrected chi connectivity index (χ2v) is 5.72. The SMILES string of the molecule is CN1CCC2(CCCN(c3ccncc3)C2)C1. The molecule has 0 amide bonds. The number of anilines is 1. The minimum Gasteiger partial charge on any atom is -0.371 e. The van der Waals surface area contributed by atoms with E-state index in [4.69, 9.17) is 0 Å². The van der Waals surface area contributed by atoms with Gasteiger partial charge in [-0.3, -0.25) is 4.98 Å². The lowest BCUT2D eigenvalue weighted by atomic mass is 9.79. The minimum absolute atomic E-state index is 0.552. The number of likely N-dealkylation sites (tertiary alicyclic amines) is 1. The normalized spacial score (nSPS) is 30.1. The maximum Gasteiger partial charge on any atom is 0.0397 e. The Bertz CT molecular complexity index is 374. The predicted octanol–water partition coefficient (Wildman–Crippen LogP) is 2.00. The van der Waals surface area contributed by atoms with Crippen LogP contribution in [0, 0.1) is 5.41 Å². The van der Waals surface area contributed by atoms with Gasteiger partial charge in [-0.25, -0.2) is 0 Å². The Balaban J connectivity index is 1.76. The number of hydrogen-bond donors (Lipinski definition) is 0. The summed E-state index contributed by atoms with van der Waals surface area (Å²) in [7, 11) is 2.25. The van der Waals surface area contributed by atoms with Crippen LogP contribution < -0.4 is 4.90 Å². The van der Waals surface area contributed by atoms with Crippen LogP contribution in [0.5, 0.6) is 0 Å². The Kier molecular flexibility index (Phi) is 2.79. The van der Waals surface area contributed by atoms with Crippen LogP contribution in [0.4, 0.5) is 5.69 Å². The minimum atomic E-state index is 0.552. The van der Waals surface area contributed by atoms with Crippen molar-refractivity contribution in [2.24, 2.45) is 5.41 Å². The first-order valence-electron chi connectivity index (χ1n) is 6.61. The smallest absolute Gasteiger partial charge is 0.0397 e. The molecule has 17 heavy (non-hydrogen) atoms. The van der Waals surface area contributed by atoms with Crippen LogP contribution in [0.25, 0.3) is 0 Å². The fraction of sp³-hybridized carbons (Fsp3) is 0.643. The molecule has 2 saturated heterocycles. The number of rotatable bonds is 1. The van der Waals surface area contributed by atoms with Crippen LogP contribution in [-0.4, -0.2) is 43.1 Å². The molecule has 0 saturated carbocycles. The van der Waals surface area contributed by atoms with Gasteiger partial charge in [-0.2, -0.15) is 0 Å². The lowest BCUT2D eigenvalue weighted by Crippen LogP contribution is -2.44. The highest BCUT2D eigenvalue weighted by atomic mass is 15.2. The van der Waals surface area contributed by atoms with E-state index in [2.05, 4.69) is 34.0 Å². The molecule has 1 aromatic heterocycles. The summed E-state index contributed by atoms with van der Waals surface area (Å²) in [6, 6.07) is 4.27. The summed E-state index contributed by atoms with van der Waals surface area (Å²) in [6.07, 6.45) is 7.90. The van der Waals surface area contributed by atoms with Crippen LogP contribution in [0.15, 0.2) is 24.5 Å². The first-order chi connectivity index (χ1) is 8.27. The Morgan fingerprint density at radius 2 is 1.94 bits per heavy atom. The van der Waals surface area contributed by atoms with E-state index < -0.39 is 0 Å². The monoisotopic (exact) mass is 231 g/mol. The summed E-state index contributed by atoms with van der Waals surface area (Å²) in [4.78, 5) is 9.13. The maximum absolute atomic E-state index is 4.11. The zero-order valence-corrected chi connectivity index (χ0v) is 10.6. The number of hydrogen-bond acceptors (Lipinski definition) is 3. The third kappa shape index (κ3) is 2.16. The molecule has 3 heterocycles. The molecule has 0 bridgehead atoms. The van der Waals surface area contributed by atoms with Gasteiger partial charge in [0.2, 0.25) is 0 Å². The molecule has 1 atom stereocenters. The number of nitrogens with zero attached hydrogens (tertiary/aromatic N) is 3. The van der Waals surface area contributed by atoms with E-state index >= 15 is 0 Å². The van der Waals surface area contributed by atoms with Gasteiger partial charge in [0.25, 0.3) is 0 Å². The molecule has 2 aliphatic rings. The first kappa shape index (κ1) is 11.0. The van der Waals surface area contributed by atoms with Crippen LogP contribution in [0.1, 0.15) is 19.3 Å². The van der Waals surface area contributed by atoms with Gasteiger partial charge >= 0.3 is 0 Å². The number of piperidine rings is 1. The summed E-state index contributed by atoms with van der Waals surface area (Å²) in [6.45, 7) is 4.97. The summed E-state index contributed by atoms with van der Waals surface area (Å²) in [5.74, 6) is 0. The molecule has 3 nitrogen and oxygen atoms in total. The quantitative estimate of drug-likeness (QED) is 0.737. The summed E-state index contributed by atoms with van der Waals surface area (Å²) >= 11 is 0. The Morgan fingerprint density at radius 3 is 2.65 bits per heavy atom. The van der Waals surface area contributed by atoms with Crippen LogP contribution >= 0.6 is 0 Å². The molecule has 92 valence electrons. The van der Waals surface area contributed by atoms with Crippen molar-refractivity contribution in [2.45, 2.75) is 19.3 Å². The Hall–Kier alpha value is -1.09. The molecular weight excluding hydrogens is 210 g/mol. The van der Waals surface area contributed by atoms with Gasteiger partial charge in [0, 0.05) is 43.1 Å². The van der Waals surface area contributed by atoms with E-state index in [0.717, 1.165) is 0 Å². The van der Waals surface area contributed by atoms with Crippen molar-refractivity contribution in [1.29, 1.82) is 0 Å². The predicted molar refractivity (Wildman–Crippen MR) is 70.2 cm³/mol. The number of pyridine rings is 1. The van der Waals surface area contributed by atoms with E-state index in [1.165, 1.54) is 51.1 Å². The van der Waals surface area contributed by atoms with Gasteiger partial charge < -0.3 is 9.80 Å². The number of aromatic nitrogens is 1. The van der Waals surface area contributed by atoms with Crippen LogP contribution in [-0.2, 0) is 0 Å². The molecule has 0 radical (unpaired) electrons. The van der Waals surface area contributed by atoms with Crippen LogP contribution in [0.2, 0.25) is 0 Å². The van der Waals surface area contributed by atoms with E-state index in [1.54, 1.807) is 0 Å². The lowest BCUT2D eigenvalue weighted by Gasteiger charge is -2.41. The average molecular weight is 231 g/mol. The first-order valence-corrected chi connectivity index (χ1v) is 6.61. The molecular formula is C14H21N3. The zero-order chi connectivity index (χ0) is 11.7. The van der Waals surface area contributed by atoms with E-state index in [-0.39, 0.29) is 0 Å². The van der Waals surface area contributed by atoms with Gasteiger partial charge in [0.05, 0.1) is 0 Å². The standard InChI is InChI=1S/C14H21N3/c1-16-10-6-14(11-16)5-2-9-17(12-14)13-3-7-15-8-4-13/h3-4,7-8H,2,5-6,9-12H2,1H3. The highest BCUT2D eigenvalue weighted by molar-refractivity contribution is 5.45. The summed E-state index contributed by atoms with van der Waals surface area (Å²) < 4.78 is 0. The maximum atomic E-state index is 4.11. The van der Waals surface area contributed by atoms with E-state index in [9.17, 15) is 0 Å². The molecule has 0 aliphatic carbocycles. The van der Waals surface area contributed by atoms with Crippen LogP contribution in [0.3, 0.4) is 0 Å². The van der Waals surface area contributed by atoms with Gasteiger partial charge in [-0.05, 0) is 45.0 Å². The second-order valence-electron chi connectivity index (χ2n) is 5.72. The molecule has 0 N–H and O–H groups in total. The fourth-order valence-electron chi connectivity index (χ4n) is 3.47. The molecule has 2 aliphatic heterocycles. The highest BCUT2D eigenvalue weighted by Crippen LogP contribution is 2.39. The lowest BCUT2D eigenvalue weighted by molar-refractivity contribution is 0.234. The van der Waals surface area contributed by atoms with Crippen molar-refractivity contribution in [3.8, 4) is 0 Å². The third-order valence-electron chi connectivity index (χ3n) is 4.32. The Labute approximate surface area is 103 Å². The van der Waals surface area contributed by atoms with Crippen molar-refractivity contribution >= 4 is 5.69 Å². The molecule has 2 fully saturated rings. The molecule has 3 heteroatoms. The summed E-state index contributed by atoms with van der Waals surface area (Å²) in [5.41, 5.74) is 1.89. The van der Waals surface area contributed by atoms with Crippen molar-refractivity contribution in [3.63, 3.8) is 0 Å². The highest BCUT2D eigenvalue weighted by Gasteiger charge is 2.40. The summed E-state index contributed by atoms with van der Waals surface area (Å²) in [5, 5.41) is 0. The molecule has 1 spiro atoms. The Morgan fingerprint density at radius 1 is 1.12 bits per heavy atom. The molecule has 1 unspecified atom stereocenters. The zero-order valence-electron chi connectivity index (χ0n) is 10.6.